The molecule has 0 unspecified atom stereocenters. The van der Waals surface area contributed by atoms with Crippen LogP contribution in [0.25, 0.3) is 22.4 Å². The minimum absolute atomic E-state index is 0.294. The number of H-pyrrole nitrogens is 1. The van der Waals surface area contributed by atoms with E-state index >= 15 is 0 Å². The van der Waals surface area contributed by atoms with Crippen molar-refractivity contribution in [2.75, 3.05) is 11.9 Å². The summed E-state index contributed by atoms with van der Waals surface area (Å²) in [4.78, 5) is 27.5. The zero-order chi connectivity index (χ0) is 19.6. The van der Waals surface area contributed by atoms with Crippen LogP contribution in [0, 0.1) is 5.82 Å². The first-order chi connectivity index (χ1) is 12.8. The highest BCUT2D eigenvalue weighted by Gasteiger charge is 2.28. The van der Waals surface area contributed by atoms with E-state index in [1.165, 1.54) is 12.3 Å². The molecule has 3 heterocycles. The molecule has 0 bridgehead atoms. The number of carbonyl (C=O) groups excluding carboxylic acids is 1. The third kappa shape index (κ3) is 4.15. The van der Waals surface area contributed by atoms with Gasteiger partial charge in [-0.2, -0.15) is 0 Å². The maximum atomic E-state index is 13.5. The molecule has 0 aliphatic heterocycles. The van der Waals surface area contributed by atoms with Gasteiger partial charge in [-0.05, 0) is 26.0 Å². The molecule has 10 heteroatoms. The normalized spacial score (nSPS) is 11.8. The van der Waals surface area contributed by atoms with E-state index in [2.05, 4.69) is 30.6 Å². The van der Waals surface area contributed by atoms with E-state index in [1.807, 2.05) is 0 Å². The van der Waals surface area contributed by atoms with Crippen molar-refractivity contribution in [2.45, 2.75) is 25.8 Å². The number of fused-ring (bicyclic) bond motifs is 1. The first kappa shape index (κ1) is 18.6. The Kier molecular flexibility index (Phi) is 4.98. The fraction of sp³-hybridized carbons (Fsp3) is 0.294. The Labute approximate surface area is 152 Å². The fourth-order valence-electron chi connectivity index (χ4n) is 2.49. The van der Waals surface area contributed by atoms with Gasteiger partial charge in [0.15, 0.2) is 5.82 Å². The first-order valence-electron chi connectivity index (χ1n) is 8.07. The molecule has 0 fully saturated rings. The number of amides is 1. The fourth-order valence-corrected chi connectivity index (χ4v) is 2.49. The number of pyridine rings is 1. The Morgan fingerprint density at radius 2 is 2.11 bits per heavy atom. The molecular formula is C17H17F3N6O. The van der Waals surface area contributed by atoms with Crippen molar-refractivity contribution in [1.82, 2.24) is 25.3 Å². The number of carbonyl (C=O) groups is 1. The Balaban J connectivity index is 1.85. The summed E-state index contributed by atoms with van der Waals surface area (Å²) in [5.41, 5.74) is -0.158. The number of aromatic nitrogens is 4. The molecule has 0 atom stereocenters. The second kappa shape index (κ2) is 7.22. The standard InChI is InChI=1S/C17H17F3N6O/c1-17(2,16(27)24-8-12(19)20)26-13-3-4-21-15(25-13)11-7-23-14-10(11)5-9(18)6-22-14/h3-7,12H,8H2,1-2H3,(H,22,23)(H,24,27)(H,21,25,26). The number of anilines is 1. The van der Waals surface area contributed by atoms with Gasteiger partial charge in [0.1, 0.15) is 22.8 Å². The number of aromatic amines is 1. The molecule has 3 N–H and O–H groups in total. The molecule has 3 aromatic heterocycles. The van der Waals surface area contributed by atoms with Gasteiger partial charge in [0.25, 0.3) is 6.43 Å². The lowest BCUT2D eigenvalue weighted by molar-refractivity contribution is -0.125. The van der Waals surface area contributed by atoms with E-state index < -0.39 is 30.2 Å². The van der Waals surface area contributed by atoms with Crippen molar-refractivity contribution in [3.63, 3.8) is 0 Å². The molecule has 3 rings (SSSR count). The molecular weight excluding hydrogens is 361 g/mol. The van der Waals surface area contributed by atoms with Crippen LogP contribution >= 0.6 is 0 Å². The van der Waals surface area contributed by atoms with Gasteiger partial charge in [-0.25, -0.2) is 28.1 Å². The molecule has 0 aliphatic carbocycles. The third-order valence-electron chi connectivity index (χ3n) is 3.82. The van der Waals surface area contributed by atoms with E-state index in [-0.39, 0.29) is 0 Å². The van der Waals surface area contributed by atoms with Gasteiger partial charge in [0.05, 0.1) is 12.7 Å². The van der Waals surface area contributed by atoms with Gasteiger partial charge in [0, 0.05) is 23.3 Å². The van der Waals surface area contributed by atoms with Crippen molar-refractivity contribution in [3.05, 3.63) is 36.5 Å². The Bertz CT molecular complexity index is 972. The van der Waals surface area contributed by atoms with Crippen molar-refractivity contribution in [1.29, 1.82) is 0 Å². The molecule has 0 aromatic carbocycles. The Hall–Kier alpha value is -3.17. The monoisotopic (exact) mass is 378 g/mol. The van der Waals surface area contributed by atoms with Crippen molar-refractivity contribution in [3.8, 4) is 11.4 Å². The second-order valence-corrected chi connectivity index (χ2v) is 6.37. The van der Waals surface area contributed by atoms with E-state index in [1.54, 1.807) is 26.1 Å². The van der Waals surface area contributed by atoms with Crippen molar-refractivity contribution in [2.24, 2.45) is 0 Å². The second-order valence-electron chi connectivity index (χ2n) is 6.37. The average molecular weight is 378 g/mol. The van der Waals surface area contributed by atoms with E-state index in [0.717, 1.165) is 6.20 Å². The van der Waals surface area contributed by atoms with Gasteiger partial charge >= 0.3 is 0 Å². The van der Waals surface area contributed by atoms with Crippen LogP contribution in [0.15, 0.2) is 30.7 Å². The van der Waals surface area contributed by atoms with Gasteiger partial charge in [-0.15, -0.1) is 0 Å². The minimum Gasteiger partial charge on any atom is -0.356 e. The van der Waals surface area contributed by atoms with Gasteiger partial charge in [-0.1, -0.05) is 0 Å². The van der Waals surface area contributed by atoms with Crippen LogP contribution in [0.5, 0.6) is 0 Å². The molecule has 27 heavy (non-hydrogen) atoms. The molecule has 0 saturated heterocycles. The van der Waals surface area contributed by atoms with Crippen LogP contribution in [-0.4, -0.2) is 44.4 Å². The molecule has 0 aliphatic rings. The molecule has 3 aromatic rings. The smallest absolute Gasteiger partial charge is 0.255 e. The highest BCUT2D eigenvalue weighted by molar-refractivity contribution is 5.92. The maximum absolute atomic E-state index is 13.5. The summed E-state index contributed by atoms with van der Waals surface area (Å²) in [5.74, 6) is -0.478. The van der Waals surface area contributed by atoms with Crippen LogP contribution in [0.1, 0.15) is 13.8 Å². The van der Waals surface area contributed by atoms with Crippen LogP contribution in [0.4, 0.5) is 19.0 Å². The summed E-state index contributed by atoms with van der Waals surface area (Å²) in [7, 11) is 0. The summed E-state index contributed by atoms with van der Waals surface area (Å²) < 4.78 is 38.1. The average Bonchev–Trinajstić information content (AvgIpc) is 3.02. The Morgan fingerprint density at radius 3 is 2.85 bits per heavy atom. The lowest BCUT2D eigenvalue weighted by Gasteiger charge is -2.25. The maximum Gasteiger partial charge on any atom is 0.255 e. The molecule has 0 radical (unpaired) electrons. The number of alkyl halides is 2. The Morgan fingerprint density at radius 1 is 1.33 bits per heavy atom. The predicted octanol–water partition coefficient (Wildman–Crippen LogP) is 2.73. The number of hydrogen-bond acceptors (Lipinski definition) is 5. The van der Waals surface area contributed by atoms with Crippen LogP contribution in [-0.2, 0) is 4.79 Å². The quantitative estimate of drug-likeness (QED) is 0.613. The van der Waals surface area contributed by atoms with E-state index in [9.17, 15) is 18.0 Å². The summed E-state index contributed by atoms with van der Waals surface area (Å²) in [5, 5.41) is 5.58. The number of halogens is 3. The summed E-state index contributed by atoms with van der Waals surface area (Å²) in [6.45, 7) is 2.36. The topological polar surface area (TPSA) is 95.6 Å². The largest absolute Gasteiger partial charge is 0.356 e. The number of rotatable bonds is 6. The summed E-state index contributed by atoms with van der Waals surface area (Å²) in [6.07, 6.45) is 1.55. The van der Waals surface area contributed by atoms with E-state index in [0.29, 0.717) is 28.2 Å². The van der Waals surface area contributed by atoms with Gasteiger partial charge in [-0.3, -0.25) is 4.79 Å². The number of hydrogen-bond donors (Lipinski definition) is 3. The minimum atomic E-state index is -2.63. The molecule has 0 saturated carbocycles. The SMILES string of the molecule is CC(C)(Nc1ccnc(-c2c[nH]c3ncc(F)cc23)n1)C(=O)NCC(F)F. The summed E-state index contributed by atoms with van der Waals surface area (Å²) in [6, 6.07) is 2.86. The van der Waals surface area contributed by atoms with E-state index in [4.69, 9.17) is 0 Å². The van der Waals surface area contributed by atoms with Crippen molar-refractivity contribution < 1.29 is 18.0 Å². The highest BCUT2D eigenvalue weighted by Crippen LogP contribution is 2.26. The number of nitrogens with zero attached hydrogens (tertiary/aromatic N) is 3. The van der Waals surface area contributed by atoms with Gasteiger partial charge < -0.3 is 15.6 Å². The summed E-state index contributed by atoms with van der Waals surface area (Å²) >= 11 is 0. The lowest BCUT2D eigenvalue weighted by Crippen LogP contribution is -2.49. The van der Waals surface area contributed by atoms with Gasteiger partial charge in [0.2, 0.25) is 5.91 Å². The third-order valence-corrected chi connectivity index (χ3v) is 3.82. The van der Waals surface area contributed by atoms with Crippen molar-refractivity contribution >= 4 is 22.8 Å². The first-order valence-corrected chi connectivity index (χ1v) is 8.07. The number of nitrogens with one attached hydrogen (secondary N) is 3. The zero-order valence-corrected chi connectivity index (χ0v) is 14.6. The van der Waals surface area contributed by atoms with Crippen LogP contribution < -0.4 is 10.6 Å². The molecule has 1 amide bonds. The zero-order valence-electron chi connectivity index (χ0n) is 14.6. The molecule has 142 valence electrons. The van der Waals surface area contributed by atoms with Crippen LogP contribution in [0.2, 0.25) is 0 Å². The molecule has 0 spiro atoms. The lowest BCUT2D eigenvalue weighted by atomic mass is 10.0. The molecule has 7 nitrogen and oxygen atoms in total. The predicted molar refractivity (Wildman–Crippen MR) is 93.8 cm³/mol. The highest BCUT2D eigenvalue weighted by atomic mass is 19.3. The van der Waals surface area contributed by atoms with Crippen LogP contribution in [0.3, 0.4) is 0 Å².